The maximum absolute atomic E-state index is 13.7. The molecule has 1 rings (SSSR count). The summed E-state index contributed by atoms with van der Waals surface area (Å²) >= 11 is 0. The van der Waals surface area contributed by atoms with Crippen LogP contribution in [-0.2, 0) is 11.2 Å². The van der Waals surface area contributed by atoms with Gasteiger partial charge in [0, 0.05) is 0 Å². The summed E-state index contributed by atoms with van der Waals surface area (Å²) in [6.45, 7) is 0.701. The Morgan fingerprint density at radius 1 is 1.41 bits per heavy atom. The van der Waals surface area contributed by atoms with Gasteiger partial charge in [0.15, 0.2) is 11.6 Å². The number of hydrogen-bond donors (Lipinski definition) is 1. The highest BCUT2D eigenvalue weighted by atomic mass is 19.1. The van der Waals surface area contributed by atoms with E-state index in [1.165, 1.54) is 20.3 Å². The molecule has 1 aromatic rings. The predicted octanol–water partition coefficient (Wildman–Crippen LogP) is 1.38. The molecule has 0 saturated carbocycles. The number of carbonyl (C=O) groups is 1. The predicted molar refractivity (Wildman–Crippen MR) is 61.9 cm³/mol. The number of methoxy groups -OCH3 is 2. The zero-order valence-corrected chi connectivity index (χ0v) is 10.2. The van der Waals surface area contributed by atoms with E-state index in [9.17, 15) is 9.18 Å². The van der Waals surface area contributed by atoms with Crippen LogP contribution in [0.25, 0.3) is 0 Å². The quantitative estimate of drug-likeness (QED) is 0.791. The Bertz CT molecular complexity index is 407. The molecule has 0 saturated heterocycles. The van der Waals surface area contributed by atoms with Crippen molar-refractivity contribution < 1.29 is 18.7 Å². The Balaban J connectivity index is 3.14. The first-order valence-corrected chi connectivity index (χ1v) is 5.23. The molecule has 5 heteroatoms. The molecule has 0 heterocycles. The SMILES string of the molecule is CNCCc1cc(F)c(OC)c(C(=O)OC)c1. The first-order chi connectivity index (χ1) is 8.13. The number of rotatable bonds is 5. The van der Waals surface area contributed by atoms with Gasteiger partial charge in [-0.2, -0.15) is 0 Å². The standard InChI is InChI=1S/C12H16FNO3/c1-14-5-4-8-6-9(12(15)17-3)11(16-2)10(13)7-8/h6-7,14H,4-5H2,1-3H3. The van der Waals surface area contributed by atoms with Crippen LogP contribution in [0.1, 0.15) is 15.9 Å². The van der Waals surface area contributed by atoms with E-state index in [4.69, 9.17) is 4.74 Å². The fraction of sp³-hybridized carbons (Fsp3) is 0.417. The Morgan fingerprint density at radius 2 is 2.12 bits per heavy atom. The van der Waals surface area contributed by atoms with Crippen molar-refractivity contribution in [2.45, 2.75) is 6.42 Å². The molecule has 94 valence electrons. The molecule has 0 aliphatic heterocycles. The Labute approximate surface area is 99.7 Å². The highest BCUT2D eigenvalue weighted by molar-refractivity contribution is 5.92. The first-order valence-electron chi connectivity index (χ1n) is 5.23. The molecule has 0 spiro atoms. The number of likely N-dealkylation sites (N-methyl/N-ethyl adjacent to an activating group) is 1. The molecule has 1 N–H and O–H groups in total. The molecular weight excluding hydrogens is 225 g/mol. The molecule has 1 aromatic carbocycles. The van der Waals surface area contributed by atoms with Crippen molar-refractivity contribution in [2.24, 2.45) is 0 Å². The molecule has 0 bridgehead atoms. The van der Waals surface area contributed by atoms with E-state index in [1.807, 2.05) is 0 Å². The number of carbonyl (C=O) groups excluding carboxylic acids is 1. The summed E-state index contributed by atoms with van der Waals surface area (Å²) in [5.74, 6) is -1.24. The minimum absolute atomic E-state index is 0.0787. The smallest absolute Gasteiger partial charge is 0.341 e. The summed E-state index contributed by atoms with van der Waals surface area (Å²) in [5, 5.41) is 2.96. The zero-order valence-electron chi connectivity index (χ0n) is 10.2. The molecule has 0 amide bonds. The minimum atomic E-state index is -0.605. The van der Waals surface area contributed by atoms with E-state index in [2.05, 4.69) is 10.1 Å². The average molecular weight is 241 g/mol. The summed E-state index contributed by atoms with van der Waals surface area (Å²) in [5.41, 5.74) is 0.833. The normalized spacial score (nSPS) is 10.1. The van der Waals surface area contributed by atoms with Gasteiger partial charge in [-0.3, -0.25) is 0 Å². The number of nitrogens with one attached hydrogen (secondary N) is 1. The second-order valence-corrected chi connectivity index (χ2v) is 3.50. The maximum atomic E-state index is 13.7. The largest absolute Gasteiger partial charge is 0.493 e. The van der Waals surface area contributed by atoms with Gasteiger partial charge in [0.2, 0.25) is 0 Å². The van der Waals surface area contributed by atoms with Crippen LogP contribution in [0.5, 0.6) is 5.75 Å². The fourth-order valence-electron chi connectivity index (χ4n) is 1.53. The highest BCUT2D eigenvalue weighted by Gasteiger charge is 2.18. The van der Waals surface area contributed by atoms with Gasteiger partial charge in [-0.05, 0) is 37.7 Å². The van der Waals surface area contributed by atoms with Crippen molar-refractivity contribution in [1.82, 2.24) is 5.32 Å². The number of esters is 1. The Morgan fingerprint density at radius 3 is 2.65 bits per heavy atom. The molecule has 0 unspecified atom stereocenters. The van der Waals surface area contributed by atoms with Gasteiger partial charge in [0.05, 0.1) is 14.2 Å². The number of hydrogen-bond acceptors (Lipinski definition) is 4. The van der Waals surface area contributed by atoms with Crippen molar-refractivity contribution >= 4 is 5.97 Å². The van der Waals surface area contributed by atoms with Gasteiger partial charge >= 0.3 is 5.97 Å². The van der Waals surface area contributed by atoms with E-state index in [0.29, 0.717) is 13.0 Å². The van der Waals surface area contributed by atoms with E-state index in [-0.39, 0.29) is 11.3 Å². The van der Waals surface area contributed by atoms with Crippen molar-refractivity contribution in [3.63, 3.8) is 0 Å². The van der Waals surface area contributed by atoms with E-state index >= 15 is 0 Å². The molecule has 0 aliphatic carbocycles. The topological polar surface area (TPSA) is 47.6 Å². The summed E-state index contributed by atoms with van der Waals surface area (Å²) in [6, 6.07) is 2.95. The number of ether oxygens (including phenoxy) is 2. The summed E-state index contributed by atoms with van der Waals surface area (Å²) in [6.07, 6.45) is 0.626. The van der Waals surface area contributed by atoms with Gasteiger partial charge in [0.1, 0.15) is 5.56 Å². The Kier molecular flexibility index (Phi) is 4.90. The lowest BCUT2D eigenvalue weighted by atomic mass is 10.1. The van der Waals surface area contributed by atoms with Crippen molar-refractivity contribution in [1.29, 1.82) is 0 Å². The third kappa shape index (κ3) is 3.17. The second-order valence-electron chi connectivity index (χ2n) is 3.50. The average Bonchev–Trinajstić information content (AvgIpc) is 2.34. The second kappa shape index (κ2) is 6.20. The van der Waals surface area contributed by atoms with Gasteiger partial charge < -0.3 is 14.8 Å². The van der Waals surface area contributed by atoms with Crippen LogP contribution in [0.3, 0.4) is 0 Å². The summed E-state index contributed by atoms with van der Waals surface area (Å²) < 4.78 is 23.1. The van der Waals surface area contributed by atoms with E-state index < -0.39 is 11.8 Å². The lowest BCUT2D eigenvalue weighted by Gasteiger charge is -2.10. The summed E-state index contributed by atoms with van der Waals surface area (Å²) in [4.78, 5) is 11.5. The lowest BCUT2D eigenvalue weighted by Crippen LogP contribution is -2.12. The van der Waals surface area contributed by atoms with E-state index in [1.54, 1.807) is 13.1 Å². The zero-order chi connectivity index (χ0) is 12.8. The molecule has 0 atom stereocenters. The van der Waals surface area contributed by atoms with Crippen molar-refractivity contribution in [3.8, 4) is 5.75 Å². The monoisotopic (exact) mass is 241 g/mol. The number of halogens is 1. The fourth-order valence-corrected chi connectivity index (χ4v) is 1.53. The van der Waals surface area contributed by atoms with Gasteiger partial charge in [-0.25, -0.2) is 9.18 Å². The highest BCUT2D eigenvalue weighted by Crippen LogP contribution is 2.25. The van der Waals surface area contributed by atoms with E-state index in [0.717, 1.165) is 5.56 Å². The third-order valence-electron chi connectivity index (χ3n) is 2.38. The molecular formula is C12H16FNO3. The molecule has 17 heavy (non-hydrogen) atoms. The molecule has 4 nitrogen and oxygen atoms in total. The number of benzene rings is 1. The van der Waals surface area contributed by atoms with Crippen LogP contribution in [0.4, 0.5) is 4.39 Å². The Hall–Kier alpha value is -1.62. The molecule has 0 aliphatic rings. The first kappa shape index (κ1) is 13.4. The van der Waals surface area contributed by atoms with Gasteiger partial charge in [-0.15, -0.1) is 0 Å². The van der Waals surface area contributed by atoms with Crippen LogP contribution in [0.15, 0.2) is 12.1 Å². The van der Waals surface area contributed by atoms with Crippen LogP contribution < -0.4 is 10.1 Å². The third-order valence-corrected chi connectivity index (χ3v) is 2.38. The molecule has 0 radical (unpaired) electrons. The van der Waals surface area contributed by atoms with Crippen molar-refractivity contribution in [3.05, 3.63) is 29.1 Å². The van der Waals surface area contributed by atoms with Crippen LogP contribution in [0, 0.1) is 5.82 Å². The van der Waals surface area contributed by atoms with Gasteiger partial charge in [-0.1, -0.05) is 0 Å². The van der Waals surface area contributed by atoms with Gasteiger partial charge in [0.25, 0.3) is 0 Å². The van der Waals surface area contributed by atoms with Crippen LogP contribution >= 0.6 is 0 Å². The molecule has 0 fully saturated rings. The van der Waals surface area contributed by atoms with Crippen molar-refractivity contribution in [2.75, 3.05) is 27.8 Å². The van der Waals surface area contributed by atoms with Crippen LogP contribution in [0.2, 0.25) is 0 Å². The maximum Gasteiger partial charge on any atom is 0.341 e. The van der Waals surface area contributed by atoms with Crippen LogP contribution in [-0.4, -0.2) is 33.8 Å². The summed E-state index contributed by atoms with van der Waals surface area (Å²) in [7, 11) is 4.37. The molecule has 0 aromatic heterocycles. The lowest BCUT2D eigenvalue weighted by molar-refractivity contribution is 0.0596. The minimum Gasteiger partial charge on any atom is -0.493 e.